The highest BCUT2D eigenvalue weighted by Gasteiger charge is 2.09. The van der Waals surface area contributed by atoms with Gasteiger partial charge in [-0.05, 0) is 36.9 Å². The number of nitrogens with one attached hydrogen (secondary N) is 2. The molecule has 2 aromatic carbocycles. The van der Waals surface area contributed by atoms with Crippen molar-refractivity contribution in [2.45, 2.75) is 17.9 Å². The highest BCUT2D eigenvalue weighted by molar-refractivity contribution is 7.98. The second-order valence-electron chi connectivity index (χ2n) is 4.46. The molecule has 0 aliphatic carbocycles. The Balaban J connectivity index is 1.95. The molecule has 0 fully saturated rings. The van der Waals surface area contributed by atoms with Crippen LogP contribution in [0.15, 0.2) is 59.5 Å². The number of carbonyl (C=O) groups is 1. The molecule has 1 atom stereocenters. The molecule has 0 aliphatic heterocycles. The third kappa shape index (κ3) is 4.03. The van der Waals surface area contributed by atoms with E-state index in [1.165, 1.54) is 0 Å². The molecular formula is C16H18N2OS. The minimum atomic E-state index is -0.195. The van der Waals surface area contributed by atoms with Crippen LogP contribution in [0.1, 0.15) is 18.5 Å². The average molecular weight is 286 g/mol. The summed E-state index contributed by atoms with van der Waals surface area (Å²) in [6.45, 7) is 1.97. The predicted molar refractivity (Wildman–Crippen MR) is 85.2 cm³/mol. The first-order valence-corrected chi connectivity index (χ1v) is 7.68. The van der Waals surface area contributed by atoms with Gasteiger partial charge in [-0.3, -0.25) is 0 Å². The number of anilines is 1. The van der Waals surface area contributed by atoms with E-state index in [0.717, 1.165) is 16.1 Å². The molecule has 2 rings (SSSR count). The zero-order valence-corrected chi connectivity index (χ0v) is 12.4. The Hall–Kier alpha value is -1.94. The van der Waals surface area contributed by atoms with Crippen molar-refractivity contribution in [3.63, 3.8) is 0 Å². The third-order valence-corrected chi connectivity index (χ3v) is 3.70. The summed E-state index contributed by atoms with van der Waals surface area (Å²) in [5.74, 6) is 0. The van der Waals surface area contributed by atoms with Crippen LogP contribution in [0.4, 0.5) is 10.5 Å². The topological polar surface area (TPSA) is 41.1 Å². The number of carbonyl (C=O) groups excluding carboxylic acids is 1. The number of hydrogen-bond acceptors (Lipinski definition) is 2. The summed E-state index contributed by atoms with van der Waals surface area (Å²) in [6.07, 6.45) is 2.01. The minimum Gasteiger partial charge on any atom is -0.331 e. The molecule has 0 saturated heterocycles. The van der Waals surface area contributed by atoms with E-state index in [2.05, 4.69) is 10.6 Å². The maximum atomic E-state index is 12.0. The zero-order valence-electron chi connectivity index (χ0n) is 11.6. The lowest BCUT2D eigenvalue weighted by Crippen LogP contribution is -2.31. The summed E-state index contributed by atoms with van der Waals surface area (Å²) in [4.78, 5) is 13.1. The van der Waals surface area contributed by atoms with Crippen LogP contribution in [0.3, 0.4) is 0 Å². The molecule has 0 aliphatic rings. The lowest BCUT2D eigenvalue weighted by Gasteiger charge is -2.15. The van der Waals surface area contributed by atoms with E-state index in [-0.39, 0.29) is 12.1 Å². The summed E-state index contributed by atoms with van der Waals surface area (Å²) < 4.78 is 0. The molecule has 0 spiro atoms. The van der Waals surface area contributed by atoms with Gasteiger partial charge in [-0.15, -0.1) is 11.8 Å². The van der Waals surface area contributed by atoms with Gasteiger partial charge in [-0.1, -0.05) is 36.4 Å². The van der Waals surface area contributed by atoms with Gasteiger partial charge in [0.25, 0.3) is 0 Å². The van der Waals surface area contributed by atoms with Gasteiger partial charge in [0.1, 0.15) is 0 Å². The zero-order chi connectivity index (χ0) is 14.4. The monoisotopic (exact) mass is 286 g/mol. The van der Waals surface area contributed by atoms with Crippen molar-refractivity contribution in [2.75, 3.05) is 11.6 Å². The molecule has 0 bridgehead atoms. The number of rotatable bonds is 4. The number of amides is 2. The molecular weight excluding hydrogens is 268 g/mol. The van der Waals surface area contributed by atoms with Crippen LogP contribution in [0.5, 0.6) is 0 Å². The molecule has 104 valence electrons. The standard InChI is InChI=1S/C16H18N2OS/c1-12(13-7-4-3-5-8-13)17-16(19)18-14-9-6-10-15(11-14)20-2/h3-12H,1-2H3,(H2,17,18,19)/t12-/m0/s1. The largest absolute Gasteiger partial charge is 0.331 e. The lowest BCUT2D eigenvalue weighted by atomic mass is 10.1. The molecule has 0 heterocycles. The molecule has 3 nitrogen and oxygen atoms in total. The van der Waals surface area contributed by atoms with Crippen LogP contribution in [0, 0.1) is 0 Å². The van der Waals surface area contributed by atoms with Crippen LogP contribution in [-0.4, -0.2) is 12.3 Å². The van der Waals surface area contributed by atoms with Crippen LogP contribution in [-0.2, 0) is 0 Å². The molecule has 2 aromatic rings. The van der Waals surface area contributed by atoms with Gasteiger partial charge in [0.2, 0.25) is 0 Å². The highest BCUT2D eigenvalue weighted by atomic mass is 32.2. The fraction of sp³-hybridized carbons (Fsp3) is 0.188. The molecule has 2 amide bonds. The molecule has 0 unspecified atom stereocenters. The Bertz CT molecular complexity index is 572. The Morgan fingerprint density at radius 2 is 1.85 bits per heavy atom. The minimum absolute atomic E-state index is 0.0278. The quantitative estimate of drug-likeness (QED) is 0.823. The van der Waals surface area contributed by atoms with Gasteiger partial charge >= 0.3 is 6.03 Å². The van der Waals surface area contributed by atoms with Gasteiger partial charge in [-0.2, -0.15) is 0 Å². The van der Waals surface area contributed by atoms with Crippen LogP contribution < -0.4 is 10.6 Å². The van der Waals surface area contributed by atoms with Gasteiger partial charge in [0, 0.05) is 10.6 Å². The van der Waals surface area contributed by atoms with E-state index in [1.807, 2.05) is 67.8 Å². The third-order valence-electron chi connectivity index (χ3n) is 2.97. The molecule has 0 saturated carbocycles. The summed E-state index contributed by atoms with van der Waals surface area (Å²) in [7, 11) is 0. The normalized spacial score (nSPS) is 11.7. The van der Waals surface area contributed by atoms with Crippen LogP contribution in [0.2, 0.25) is 0 Å². The van der Waals surface area contributed by atoms with Crippen LogP contribution in [0.25, 0.3) is 0 Å². The molecule has 0 aromatic heterocycles. The fourth-order valence-corrected chi connectivity index (χ4v) is 2.35. The van der Waals surface area contributed by atoms with Gasteiger partial charge < -0.3 is 10.6 Å². The maximum Gasteiger partial charge on any atom is 0.319 e. The van der Waals surface area contributed by atoms with Crippen molar-refractivity contribution in [2.24, 2.45) is 0 Å². The van der Waals surface area contributed by atoms with Crippen molar-refractivity contribution >= 4 is 23.5 Å². The summed E-state index contributed by atoms with van der Waals surface area (Å²) in [6, 6.07) is 17.5. The molecule has 4 heteroatoms. The van der Waals surface area contributed by atoms with Gasteiger partial charge in [0.05, 0.1) is 6.04 Å². The van der Waals surface area contributed by atoms with Crippen molar-refractivity contribution in [3.8, 4) is 0 Å². The second-order valence-corrected chi connectivity index (χ2v) is 5.34. The number of thioether (sulfide) groups is 1. The molecule has 0 radical (unpaired) electrons. The van der Waals surface area contributed by atoms with Crippen molar-refractivity contribution < 1.29 is 4.79 Å². The first-order chi connectivity index (χ1) is 9.69. The summed E-state index contributed by atoms with van der Waals surface area (Å²) >= 11 is 1.65. The first-order valence-electron chi connectivity index (χ1n) is 6.45. The molecule has 20 heavy (non-hydrogen) atoms. The van der Waals surface area contributed by atoms with Gasteiger partial charge in [0.15, 0.2) is 0 Å². The lowest BCUT2D eigenvalue weighted by molar-refractivity contribution is 0.249. The highest BCUT2D eigenvalue weighted by Crippen LogP contribution is 2.19. The Kier molecular flexibility index (Phi) is 5.07. The number of hydrogen-bond donors (Lipinski definition) is 2. The smallest absolute Gasteiger partial charge is 0.319 e. The van der Waals surface area contributed by atoms with E-state index in [0.29, 0.717) is 0 Å². The van der Waals surface area contributed by atoms with E-state index < -0.39 is 0 Å². The Labute approximate surface area is 123 Å². The Morgan fingerprint density at radius 1 is 1.10 bits per heavy atom. The summed E-state index contributed by atoms with van der Waals surface area (Å²) in [5, 5.41) is 5.78. The van der Waals surface area contributed by atoms with E-state index in [4.69, 9.17) is 0 Å². The Morgan fingerprint density at radius 3 is 2.55 bits per heavy atom. The second kappa shape index (κ2) is 7.01. The maximum absolute atomic E-state index is 12.0. The predicted octanol–water partition coefficient (Wildman–Crippen LogP) is 4.29. The van der Waals surface area contributed by atoms with E-state index >= 15 is 0 Å². The van der Waals surface area contributed by atoms with E-state index in [1.54, 1.807) is 11.8 Å². The van der Waals surface area contributed by atoms with Crippen LogP contribution >= 0.6 is 11.8 Å². The molecule has 2 N–H and O–H groups in total. The fourth-order valence-electron chi connectivity index (χ4n) is 1.89. The van der Waals surface area contributed by atoms with E-state index in [9.17, 15) is 4.79 Å². The van der Waals surface area contributed by atoms with Crippen molar-refractivity contribution in [1.29, 1.82) is 0 Å². The van der Waals surface area contributed by atoms with Crippen molar-refractivity contribution in [3.05, 3.63) is 60.2 Å². The summed E-state index contributed by atoms with van der Waals surface area (Å²) in [5.41, 5.74) is 1.88. The van der Waals surface area contributed by atoms with Gasteiger partial charge in [-0.25, -0.2) is 4.79 Å². The number of urea groups is 1. The average Bonchev–Trinajstić information content (AvgIpc) is 2.48. The number of benzene rings is 2. The first kappa shape index (κ1) is 14.5. The SMILES string of the molecule is CSc1cccc(NC(=O)N[C@@H](C)c2ccccc2)c1. The van der Waals surface area contributed by atoms with Crippen molar-refractivity contribution in [1.82, 2.24) is 5.32 Å².